The van der Waals surface area contributed by atoms with Crippen LogP contribution >= 0.6 is 0 Å². The maximum absolute atomic E-state index is 11.6. The molecule has 1 heterocycles. The molecule has 0 bridgehead atoms. The van der Waals surface area contributed by atoms with E-state index in [9.17, 15) is 9.59 Å². The summed E-state index contributed by atoms with van der Waals surface area (Å²) in [4.78, 5) is 30.8. The maximum atomic E-state index is 11.6. The number of amides is 2. The first kappa shape index (κ1) is 13.1. The molecule has 1 aromatic rings. The van der Waals surface area contributed by atoms with Crippen LogP contribution in [-0.2, 0) is 4.79 Å². The van der Waals surface area contributed by atoms with Crippen LogP contribution in [0, 0.1) is 0 Å². The third kappa shape index (κ3) is 4.18. The van der Waals surface area contributed by atoms with Crippen LogP contribution < -0.4 is 10.6 Å². The summed E-state index contributed by atoms with van der Waals surface area (Å²) in [6.07, 6.45) is 5.12. The predicted molar refractivity (Wildman–Crippen MR) is 62.3 cm³/mol. The third-order valence-electron chi connectivity index (χ3n) is 2.09. The summed E-state index contributed by atoms with van der Waals surface area (Å²) in [6, 6.07) is -0.587. The molecule has 0 fully saturated rings. The minimum absolute atomic E-state index is 0.197. The Morgan fingerprint density at radius 2 is 2.18 bits per heavy atom. The Kier molecular flexibility index (Phi) is 5.06. The van der Waals surface area contributed by atoms with Gasteiger partial charge in [-0.15, -0.1) is 0 Å². The van der Waals surface area contributed by atoms with Crippen molar-refractivity contribution in [2.45, 2.75) is 26.3 Å². The van der Waals surface area contributed by atoms with Gasteiger partial charge in [-0.25, -0.2) is 4.98 Å². The lowest BCUT2D eigenvalue weighted by Crippen LogP contribution is -2.45. The van der Waals surface area contributed by atoms with Gasteiger partial charge in [0.05, 0.1) is 6.20 Å². The number of rotatable bonds is 5. The molecule has 0 aromatic carbocycles. The zero-order valence-electron chi connectivity index (χ0n) is 9.93. The smallest absolute Gasteiger partial charge is 0.272 e. The van der Waals surface area contributed by atoms with Gasteiger partial charge in [0.1, 0.15) is 11.7 Å². The summed E-state index contributed by atoms with van der Waals surface area (Å²) < 4.78 is 0. The first-order chi connectivity index (χ1) is 8.15. The number of carbonyl (C=O) groups excluding carboxylic acids is 2. The molecular weight excluding hydrogens is 220 g/mol. The quantitative estimate of drug-likeness (QED) is 0.760. The van der Waals surface area contributed by atoms with Crippen molar-refractivity contribution in [3.8, 4) is 0 Å². The van der Waals surface area contributed by atoms with Crippen molar-refractivity contribution < 1.29 is 9.59 Å². The Bertz CT molecular complexity index is 380. The van der Waals surface area contributed by atoms with Crippen molar-refractivity contribution in [1.29, 1.82) is 0 Å². The highest BCUT2D eigenvalue weighted by Gasteiger charge is 2.16. The number of nitrogens with one attached hydrogen (secondary N) is 2. The maximum Gasteiger partial charge on any atom is 0.272 e. The molecule has 0 aliphatic heterocycles. The second-order valence-corrected chi connectivity index (χ2v) is 3.58. The Hall–Kier alpha value is -1.98. The molecule has 92 valence electrons. The molecule has 17 heavy (non-hydrogen) atoms. The first-order valence-electron chi connectivity index (χ1n) is 5.49. The topological polar surface area (TPSA) is 84.0 Å². The van der Waals surface area contributed by atoms with Crippen LogP contribution in [0.1, 0.15) is 30.8 Å². The Morgan fingerprint density at radius 3 is 2.76 bits per heavy atom. The fourth-order valence-corrected chi connectivity index (χ4v) is 1.15. The van der Waals surface area contributed by atoms with E-state index in [-0.39, 0.29) is 11.6 Å². The van der Waals surface area contributed by atoms with Crippen molar-refractivity contribution >= 4 is 11.8 Å². The van der Waals surface area contributed by atoms with Gasteiger partial charge >= 0.3 is 0 Å². The third-order valence-corrected chi connectivity index (χ3v) is 2.09. The molecule has 0 aliphatic carbocycles. The van der Waals surface area contributed by atoms with Gasteiger partial charge in [-0.3, -0.25) is 14.6 Å². The molecule has 6 heteroatoms. The lowest BCUT2D eigenvalue weighted by molar-refractivity contribution is -0.122. The molecule has 6 nitrogen and oxygen atoms in total. The summed E-state index contributed by atoms with van der Waals surface area (Å²) >= 11 is 0. The predicted octanol–water partition coefficient (Wildman–Crippen LogP) is 0.121. The van der Waals surface area contributed by atoms with Gasteiger partial charge in [0.25, 0.3) is 5.91 Å². The molecule has 0 saturated carbocycles. The molecule has 1 aromatic heterocycles. The van der Waals surface area contributed by atoms with Gasteiger partial charge in [0, 0.05) is 18.9 Å². The molecule has 0 saturated heterocycles. The van der Waals surface area contributed by atoms with Crippen LogP contribution in [0.3, 0.4) is 0 Å². The summed E-state index contributed by atoms with van der Waals surface area (Å²) in [5, 5.41) is 5.25. The summed E-state index contributed by atoms with van der Waals surface area (Å²) in [7, 11) is 0. The van der Waals surface area contributed by atoms with Crippen LogP contribution in [-0.4, -0.2) is 34.4 Å². The highest BCUT2D eigenvalue weighted by molar-refractivity contribution is 5.95. The van der Waals surface area contributed by atoms with E-state index in [0.717, 1.165) is 6.42 Å². The van der Waals surface area contributed by atoms with E-state index >= 15 is 0 Å². The minimum Gasteiger partial charge on any atom is -0.354 e. The van der Waals surface area contributed by atoms with Gasteiger partial charge in [-0.05, 0) is 13.3 Å². The normalized spacial score (nSPS) is 11.6. The fraction of sp³-hybridized carbons (Fsp3) is 0.455. The van der Waals surface area contributed by atoms with Crippen LogP contribution in [0.2, 0.25) is 0 Å². The SMILES string of the molecule is CCCNC(=O)C(C)NC(=O)c1cnccn1. The number of aromatic nitrogens is 2. The molecule has 1 atom stereocenters. The molecule has 2 N–H and O–H groups in total. The zero-order valence-corrected chi connectivity index (χ0v) is 9.93. The highest BCUT2D eigenvalue weighted by Crippen LogP contribution is 1.92. The number of carbonyl (C=O) groups is 2. The second kappa shape index (κ2) is 6.57. The zero-order chi connectivity index (χ0) is 12.7. The van der Waals surface area contributed by atoms with Crippen LogP contribution in [0.15, 0.2) is 18.6 Å². The van der Waals surface area contributed by atoms with Crippen molar-refractivity contribution in [3.63, 3.8) is 0 Å². The lowest BCUT2D eigenvalue weighted by atomic mass is 10.3. The van der Waals surface area contributed by atoms with Crippen molar-refractivity contribution in [2.75, 3.05) is 6.54 Å². The van der Waals surface area contributed by atoms with E-state index < -0.39 is 11.9 Å². The van der Waals surface area contributed by atoms with Gasteiger partial charge in [-0.1, -0.05) is 6.92 Å². The monoisotopic (exact) mass is 236 g/mol. The average Bonchev–Trinajstić information content (AvgIpc) is 2.36. The van der Waals surface area contributed by atoms with Gasteiger partial charge in [-0.2, -0.15) is 0 Å². The Morgan fingerprint density at radius 1 is 1.41 bits per heavy atom. The molecule has 1 rings (SSSR count). The van der Waals surface area contributed by atoms with Crippen LogP contribution in [0.25, 0.3) is 0 Å². The number of hydrogen-bond donors (Lipinski definition) is 2. The second-order valence-electron chi connectivity index (χ2n) is 3.58. The molecule has 1 unspecified atom stereocenters. The van der Waals surface area contributed by atoms with E-state index in [1.807, 2.05) is 6.92 Å². The van der Waals surface area contributed by atoms with E-state index in [1.165, 1.54) is 18.6 Å². The van der Waals surface area contributed by atoms with Gasteiger partial charge < -0.3 is 10.6 Å². The van der Waals surface area contributed by atoms with Crippen molar-refractivity contribution in [2.24, 2.45) is 0 Å². The van der Waals surface area contributed by atoms with Gasteiger partial charge in [0.15, 0.2) is 0 Å². The highest BCUT2D eigenvalue weighted by atomic mass is 16.2. The molecular formula is C11H16N4O2. The number of hydrogen-bond acceptors (Lipinski definition) is 4. The van der Waals surface area contributed by atoms with Gasteiger partial charge in [0.2, 0.25) is 5.91 Å². The molecule has 2 amide bonds. The fourth-order valence-electron chi connectivity index (χ4n) is 1.15. The van der Waals surface area contributed by atoms with E-state index in [2.05, 4.69) is 20.6 Å². The van der Waals surface area contributed by atoms with E-state index in [0.29, 0.717) is 6.54 Å². The molecule has 0 aliphatic rings. The lowest BCUT2D eigenvalue weighted by Gasteiger charge is -2.13. The Labute approximate surface area is 99.8 Å². The number of nitrogens with zero attached hydrogens (tertiary/aromatic N) is 2. The largest absolute Gasteiger partial charge is 0.354 e. The molecule has 0 radical (unpaired) electrons. The summed E-state index contributed by atoms with van der Waals surface area (Å²) in [5.41, 5.74) is 0.197. The summed E-state index contributed by atoms with van der Waals surface area (Å²) in [5.74, 6) is -0.610. The first-order valence-corrected chi connectivity index (χ1v) is 5.49. The molecule has 0 spiro atoms. The standard InChI is InChI=1S/C11H16N4O2/c1-3-4-14-10(16)8(2)15-11(17)9-7-12-5-6-13-9/h5-8H,3-4H2,1-2H3,(H,14,16)(H,15,17). The Balaban J connectivity index is 2.49. The minimum atomic E-state index is -0.587. The van der Waals surface area contributed by atoms with Crippen molar-refractivity contribution in [1.82, 2.24) is 20.6 Å². The van der Waals surface area contributed by atoms with E-state index in [1.54, 1.807) is 6.92 Å². The van der Waals surface area contributed by atoms with Crippen molar-refractivity contribution in [3.05, 3.63) is 24.3 Å². The van der Waals surface area contributed by atoms with Crippen LogP contribution in [0.5, 0.6) is 0 Å². The van der Waals surface area contributed by atoms with Crippen LogP contribution in [0.4, 0.5) is 0 Å². The average molecular weight is 236 g/mol. The van der Waals surface area contributed by atoms with E-state index in [4.69, 9.17) is 0 Å². The summed E-state index contributed by atoms with van der Waals surface area (Å²) in [6.45, 7) is 4.19.